The van der Waals surface area contributed by atoms with Crippen molar-refractivity contribution in [3.8, 4) is 11.8 Å². The van der Waals surface area contributed by atoms with Gasteiger partial charge in [0.1, 0.15) is 11.9 Å². The van der Waals surface area contributed by atoms with Gasteiger partial charge in [-0.25, -0.2) is 10.4 Å². The first kappa shape index (κ1) is 23.6. The monoisotopic (exact) mass is 466 g/mol. The molecule has 3 fully saturated rings. The molecule has 33 heavy (non-hydrogen) atoms. The van der Waals surface area contributed by atoms with Gasteiger partial charge in [0.2, 0.25) is 5.91 Å². The van der Waals surface area contributed by atoms with Gasteiger partial charge in [-0.05, 0) is 64.0 Å². The minimum Gasteiger partial charge on any atom is -0.406 e. The van der Waals surface area contributed by atoms with Crippen LogP contribution in [0.25, 0.3) is 0 Å². The number of hydrazine groups is 1. The van der Waals surface area contributed by atoms with Crippen LogP contribution in [-0.2, 0) is 4.79 Å². The Morgan fingerprint density at radius 3 is 2.55 bits per heavy atom. The Hall–Kier alpha value is -2.55. The molecule has 11 heteroatoms. The number of carbonyl (C=O) groups excluding carboxylic acids is 1. The number of fused-ring (bicyclic) bond motifs is 1. The highest BCUT2D eigenvalue weighted by atomic mass is 19.4. The van der Waals surface area contributed by atoms with Crippen molar-refractivity contribution < 1.29 is 22.7 Å². The maximum absolute atomic E-state index is 12.8. The highest BCUT2D eigenvalue weighted by Gasteiger charge is 2.51. The van der Waals surface area contributed by atoms with Crippen molar-refractivity contribution in [2.24, 2.45) is 11.8 Å². The number of piperidine rings is 1. The lowest BCUT2D eigenvalue weighted by Crippen LogP contribution is -2.55. The molecule has 0 radical (unpaired) electrons. The van der Waals surface area contributed by atoms with Gasteiger partial charge in [-0.3, -0.25) is 4.79 Å². The molecule has 180 valence electrons. The fourth-order valence-corrected chi connectivity index (χ4v) is 5.31. The molecule has 2 heterocycles. The number of anilines is 1. The van der Waals surface area contributed by atoms with Gasteiger partial charge in [-0.1, -0.05) is 0 Å². The molecule has 1 aromatic carbocycles. The summed E-state index contributed by atoms with van der Waals surface area (Å²) in [5, 5.41) is 18.1. The average Bonchev–Trinajstić information content (AvgIpc) is 3.13. The van der Waals surface area contributed by atoms with Crippen molar-refractivity contribution in [3.05, 3.63) is 24.3 Å². The predicted molar refractivity (Wildman–Crippen MR) is 115 cm³/mol. The van der Waals surface area contributed by atoms with Gasteiger partial charge >= 0.3 is 6.36 Å². The van der Waals surface area contributed by atoms with Crippen LogP contribution in [-0.4, -0.2) is 67.1 Å². The summed E-state index contributed by atoms with van der Waals surface area (Å²) in [6.45, 7) is 0.568. The third-order valence-electron chi connectivity index (χ3n) is 6.91. The normalized spacial score (nSPS) is 32.7. The number of carbonyl (C=O) groups is 1. The van der Waals surface area contributed by atoms with E-state index in [9.17, 15) is 23.2 Å². The molecule has 3 N–H and O–H groups in total. The number of rotatable bonds is 5. The van der Waals surface area contributed by atoms with Crippen molar-refractivity contribution in [1.82, 2.24) is 20.7 Å². The summed E-state index contributed by atoms with van der Waals surface area (Å²) in [5.74, 6) is -0.944. The highest BCUT2D eigenvalue weighted by molar-refractivity contribution is 5.82. The number of amides is 1. The number of nitrogens with zero attached hydrogens (tertiary/aromatic N) is 3. The van der Waals surface area contributed by atoms with E-state index in [1.54, 1.807) is 0 Å². The van der Waals surface area contributed by atoms with E-state index in [0.29, 0.717) is 18.3 Å². The van der Waals surface area contributed by atoms with Crippen molar-refractivity contribution in [2.45, 2.75) is 56.3 Å². The minimum atomic E-state index is -4.75. The van der Waals surface area contributed by atoms with Crippen LogP contribution >= 0.6 is 0 Å². The number of ether oxygens (including phenoxy) is 1. The molecule has 8 nitrogen and oxygen atoms in total. The van der Waals surface area contributed by atoms with Gasteiger partial charge in [0.05, 0.1) is 17.9 Å². The second-order valence-corrected chi connectivity index (χ2v) is 9.14. The summed E-state index contributed by atoms with van der Waals surface area (Å²) in [7, 11) is 4.06. The highest BCUT2D eigenvalue weighted by Crippen LogP contribution is 2.37. The number of alkyl halides is 3. The second kappa shape index (κ2) is 9.37. The molecule has 0 bridgehead atoms. The molecule has 4 rings (SSSR count). The Morgan fingerprint density at radius 1 is 1.18 bits per heavy atom. The molecule has 2 saturated heterocycles. The number of nitriles is 1. The maximum atomic E-state index is 12.8. The quantitative estimate of drug-likeness (QED) is 0.613. The summed E-state index contributed by atoms with van der Waals surface area (Å²) >= 11 is 0. The van der Waals surface area contributed by atoms with Crippen molar-refractivity contribution in [1.29, 1.82) is 5.26 Å². The van der Waals surface area contributed by atoms with Crippen LogP contribution < -0.4 is 20.8 Å². The first-order chi connectivity index (χ1) is 15.7. The predicted octanol–water partition coefficient (Wildman–Crippen LogP) is 2.27. The lowest BCUT2D eigenvalue weighted by atomic mass is 9.80. The number of nitrogens with one attached hydrogen (secondary N) is 3. The van der Waals surface area contributed by atoms with E-state index in [-0.39, 0.29) is 29.7 Å². The molecule has 1 saturated carbocycles. The topological polar surface area (TPSA) is 92.7 Å². The maximum Gasteiger partial charge on any atom is 0.573 e. The number of benzene rings is 1. The van der Waals surface area contributed by atoms with Crippen LogP contribution in [0.1, 0.15) is 25.7 Å². The summed E-state index contributed by atoms with van der Waals surface area (Å²) < 4.78 is 41.2. The molecule has 2 aliphatic heterocycles. The largest absolute Gasteiger partial charge is 0.573 e. The van der Waals surface area contributed by atoms with Crippen molar-refractivity contribution in [2.75, 3.05) is 26.0 Å². The first-order valence-corrected chi connectivity index (χ1v) is 11.2. The Bertz CT molecular complexity index is 888. The third-order valence-corrected chi connectivity index (χ3v) is 6.91. The minimum absolute atomic E-state index is 0.0149. The lowest BCUT2D eigenvalue weighted by molar-refractivity contribution is -0.274. The summed E-state index contributed by atoms with van der Waals surface area (Å²) in [6.07, 6.45) is -1.86. The fraction of sp³-hybridized carbons (Fsp3) is 0.636. The van der Waals surface area contributed by atoms with Gasteiger partial charge in [0.25, 0.3) is 0 Å². The number of hydrogen-bond acceptors (Lipinski definition) is 7. The number of halogens is 3. The smallest absolute Gasteiger partial charge is 0.406 e. The molecule has 1 aliphatic carbocycles. The summed E-state index contributed by atoms with van der Waals surface area (Å²) in [6, 6.07) is 8.18. The van der Waals surface area contributed by atoms with E-state index < -0.39 is 18.4 Å². The van der Waals surface area contributed by atoms with Gasteiger partial charge in [-0.15, -0.1) is 13.2 Å². The summed E-state index contributed by atoms with van der Waals surface area (Å²) in [5.41, 5.74) is 3.99. The van der Waals surface area contributed by atoms with Crippen LogP contribution in [0.4, 0.5) is 18.9 Å². The average molecular weight is 467 g/mol. The molecule has 1 aromatic rings. The second-order valence-electron chi connectivity index (χ2n) is 9.14. The molecule has 0 spiro atoms. The van der Waals surface area contributed by atoms with E-state index in [0.717, 1.165) is 25.7 Å². The van der Waals surface area contributed by atoms with E-state index in [1.807, 2.05) is 14.1 Å². The fourth-order valence-electron chi connectivity index (χ4n) is 5.31. The van der Waals surface area contributed by atoms with Crippen LogP contribution in [0.15, 0.2) is 24.3 Å². The number of hydrogen-bond donors (Lipinski definition) is 3. The van der Waals surface area contributed by atoms with Gasteiger partial charge in [-0.2, -0.15) is 5.26 Å². The summed E-state index contributed by atoms with van der Waals surface area (Å²) in [4.78, 5) is 14.9. The molecule has 3 unspecified atom stereocenters. The SMILES string of the molecule is CN(C)[C@H]1CC[C@H](N2NC(Nc3ccc(OC(F)(F)F)cc3)C3C(=O)NCCC32)[C@@H](C#N)C1. The van der Waals surface area contributed by atoms with Crippen LogP contribution in [0.2, 0.25) is 0 Å². The van der Waals surface area contributed by atoms with E-state index in [4.69, 9.17) is 0 Å². The molecular formula is C22H29F3N6O2. The van der Waals surface area contributed by atoms with E-state index >= 15 is 0 Å². The molecule has 1 amide bonds. The van der Waals surface area contributed by atoms with E-state index in [2.05, 4.69) is 36.8 Å². The molecule has 6 atom stereocenters. The first-order valence-electron chi connectivity index (χ1n) is 11.2. The van der Waals surface area contributed by atoms with Gasteiger partial charge < -0.3 is 20.3 Å². The molecule has 3 aliphatic rings. The van der Waals surface area contributed by atoms with Crippen molar-refractivity contribution in [3.63, 3.8) is 0 Å². The lowest BCUT2D eigenvalue weighted by Gasteiger charge is -2.42. The Labute approximate surface area is 191 Å². The van der Waals surface area contributed by atoms with Crippen LogP contribution in [0, 0.1) is 23.2 Å². The zero-order chi connectivity index (χ0) is 23.8. The zero-order valence-corrected chi connectivity index (χ0v) is 18.6. The third kappa shape index (κ3) is 5.18. The Kier molecular flexibility index (Phi) is 6.70. The van der Waals surface area contributed by atoms with Crippen LogP contribution in [0.5, 0.6) is 5.75 Å². The molecular weight excluding hydrogens is 437 g/mol. The van der Waals surface area contributed by atoms with Gasteiger partial charge in [0.15, 0.2) is 0 Å². The Morgan fingerprint density at radius 2 is 1.91 bits per heavy atom. The van der Waals surface area contributed by atoms with Crippen molar-refractivity contribution >= 4 is 11.6 Å². The standard InChI is InChI=1S/C22H29F3N6O2/c1-30(2)15-5-8-17(13(11-15)12-26)31-18-9-10-27-21(32)19(18)20(29-31)28-14-3-6-16(7-4-14)33-22(23,24)25/h3-4,6-7,13,15,17-20,28-29H,5,8-11H2,1-2H3,(H,27,32)/t13-,15+,17+,18?,19?,20?/m1/s1. The molecule has 0 aromatic heterocycles. The van der Waals surface area contributed by atoms with Crippen LogP contribution in [0.3, 0.4) is 0 Å². The van der Waals surface area contributed by atoms with Gasteiger partial charge in [0, 0.05) is 30.4 Å². The van der Waals surface area contributed by atoms with E-state index in [1.165, 1.54) is 24.3 Å². The Balaban J connectivity index is 1.50. The zero-order valence-electron chi connectivity index (χ0n) is 18.6.